The Morgan fingerprint density at radius 2 is 2.12 bits per heavy atom. The lowest BCUT2D eigenvalue weighted by atomic mass is 9.88. The van der Waals surface area contributed by atoms with E-state index < -0.39 is 0 Å². The first-order valence-electron chi connectivity index (χ1n) is 6.79. The monoisotopic (exact) mass is 231 g/mol. The lowest BCUT2D eigenvalue weighted by Crippen LogP contribution is -2.37. The van der Waals surface area contributed by atoms with E-state index in [4.69, 9.17) is 10.5 Å². The molecule has 2 atom stereocenters. The highest BCUT2D eigenvalue weighted by Crippen LogP contribution is 2.35. The van der Waals surface area contributed by atoms with E-state index in [9.17, 15) is 0 Å². The van der Waals surface area contributed by atoms with Crippen molar-refractivity contribution >= 4 is 0 Å². The van der Waals surface area contributed by atoms with Gasteiger partial charge in [0.15, 0.2) is 0 Å². The summed E-state index contributed by atoms with van der Waals surface area (Å²) in [6, 6.07) is 8.65. The third kappa shape index (κ3) is 2.63. The molecule has 2 N–H and O–H groups in total. The van der Waals surface area contributed by atoms with Gasteiger partial charge in [0, 0.05) is 12.0 Å². The van der Waals surface area contributed by atoms with Crippen LogP contribution >= 0.6 is 0 Å². The molecule has 2 heteroatoms. The van der Waals surface area contributed by atoms with Crippen molar-refractivity contribution in [2.75, 3.05) is 6.61 Å². The number of para-hydroxylation sites is 1. The van der Waals surface area contributed by atoms with E-state index in [1.807, 2.05) is 6.07 Å². The van der Waals surface area contributed by atoms with Crippen molar-refractivity contribution in [2.24, 2.45) is 17.6 Å². The normalized spacial score (nSPS) is 24.9. The van der Waals surface area contributed by atoms with Crippen LogP contribution in [0.3, 0.4) is 0 Å². The van der Waals surface area contributed by atoms with Gasteiger partial charge < -0.3 is 10.5 Å². The third-order valence-corrected chi connectivity index (χ3v) is 4.12. The number of benzene rings is 1. The summed E-state index contributed by atoms with van der Waals surface area (Å²) in [4.78, 5) is 0. The first-order chi connectivity index (χ1) is 8.33. The molecule has 1 heterocycles. The molecular formula is C15H21NO. The minimum Gasteiger partial charge on any atom is -0.493 e. The van der Waals surface area contributed by atoms with Crippen LogP contribution in [-0.4, -0.2) is 12.6 Å². The van der Waals surface area contributed by atoms with Gasteiger partial charge in [0.1, 0.15) is 5.75 Å². The number of hydrogen-bond acceptors (Lipinski definition) is 2. The molecule has 1 fully saturated rings. The van der Waals surface area contributed by atoms with Crippen LogP contribution in [0.15, 0.2) is 24.3 Å². The molecule has 0 spiro atoms. The molecule has 0 saturated heterocycles. The largest absolute Gasteiger partial charge is 0.493 e. The lowest BCUT2D eigenvalue weighted by Gasteiger charge is -2.29. The summed E-state index contributed by atoms with van der Waals surface area (Å²) < 4.78 is 5.80. The molecule has 0 radical (unpaired) electrons. The summed E-state index contributed by atoms with van der Waals surface area (Å²) in [5, 5.41) is 0. The fourth-order valence-electron chi connectivity index (χ4n) is 2.70. The molecule has 0 bridgehead atoms. The maximum atomic E-state index is 6.30. The van der Waals surface area contributed by atoms with E-state index in [1.54, 1.807) is 0 Å². The predicted octanol–water partition coefficient (Wildman–Crippen LogP) is 2.76. The second-order valence-corrected chi connectivity index (χ2v) is 5.57. The quantitative estimate of drug-likeness (QED) is 0.864. The maximum Gasteiger partial charge on any atom is 0.122 e. The molecule has 92 valence electrons. The van der Waals surface area contributed by atoms with E-state index in [1.165, 1.54) is 31.2 Å². The number of nitrogens with two attached hydrogens (primary N) is 1. The summed E-state index contributed by atoms with van der Waals surface area (Å²) in [7, 11) is 0. The van der Waals surface area contributed by atoms with Gasteiger partial charge >= 0.3 is 0 Å². The van der Waals surface area contributed by atoms with Gasteiger partial charge in [-0.1, -0.05) is 31.0 Å². The molecule has 0 amide bonds. The minimum atomic E-state index is 0.309. The second-order valence-electron chi connectivity index (χ2n) is 5.57. The van der Waals surface area contributed by atoms with E-state index in [-0.39, 0.29) is 0 Å². The maximum absolute atomic E-state index is 6.30. The predicted molar refractivity (Wildman–Crippen MR) is 69.1 cm³/mol. The van der Waals surface area contributed by atoms with Gasteiger partial charge in [0.05, 0.1) is 6.61 Å². The fraction of sp³-hybridized carbons (Fsp3) is 0.600. The lowest BCUT2D eigenvalue weighted by molar-refractivity contribution is 0.193. The van der Waals surface area contributed by atoms with Crippen LogP contribution in [0.1, 0.15) is 31.2 Å². The number of rotatable bonds is 4. The average Bonchev–Trinajstić information content (AvgIpc) is 3.19. The van der Waals surface area contributed by atoms with Gasteiger partial charge in [-0.3, -0.25) is 0 Å². The Labute approximate surface area is 103 Å². The van der Waals surface area contributed by atoms with Crippen LogP contribution in [0.5, 0.6) is 5.75 Å². The van der Waals surface area contributed by atoms with Crippen LogP contribution in [0.4, 0.5) is 0 Å². The molecule has 2 aliphatic rings. The van der Waals surface area contributed by atoms with Crippen molar-refractivity contribution in [1.29, 1.82) is 0 Å². The van der Waals surface area contributed by atoms with Gasteiger partial charge in [-0.25, -0.2) is 0 Å². The average molecular weight is 231 g/mol. The Hall–Kier alpha value is -1.02. The highest BCUT2D eigenvalue weighted by molar-refractivity contribution is 5.35. The summed E-state index contributed by atoms with van der Waals surface area (Å²) in [5.41, 5.74) is 7.63. The van der Waals surface area contributed by atoms with E-state index >= 15 is 0 Å². The zero-order chi connectivity index (χ0) is 11.7. The number of ether oxygens (including phenoxy) is 1. The summed E-state index contributed by atoms with van der Waals surface area (Å²) in [6.45, 7) is 0.794. The minimum absolute atomic E-state index is 0.309. The fourth-order valence-corrected chi connectivity index (χ4v) is 2.70. The summed E-state index contributed by atoms with van der Waals surface area (Å²) in [6.07, 6.45) is 6.43. The Kier molecular flexibility index (Phi) is 3.06. The Morgan fingerprint density at radius 3 is 2.94 bits per heavy atom. The topological polar surface area (TPSA) is 35.2 Å². The summed E-state index contributed by atoms with van der Waals surface area (Å²) in [5.74, 6) is 2.54. The first-order valence-corrected chi connectivity index (χ1v) is 6.79. The van der Waals surface area contributed by atoms with Crippen molar-refractivity contribution in [1.82, 2.24) is 0 Å². The zero-order valence-electron chi connectivity index (χ0n) is 10.3. The van der Waals surface area contributed by atoms with Crippen LogP contribution in [0.25, 0.3) is 0 Å². The van der Waals surface area contributed by atoms with Crippen molar-refractivity contribution in [2.45, 2.75) is 38.1 Å². The highest BCUT2D eigenvalue weighted by Gasteiger charge is 2.27. The van der Waals surface area contributed by atoms with Crippen molar-refractivity contribution in [3.05, 3.63) is 29.8 Å². The molecule has 1 aliphatic carbocycles. The molecule has 17 heavy (non-hydrogen) atoms. The summed E-state index contributed by atoms with van der Waals surface area (Å²) >= 11 is 0. The molecule has 1 aromatic carbocycles. The van der Waals surface area contributed by atoms with E-state index in [0.29, 0.717) is 12.0 Å². The number of hydrogen-bond donors (Lipinski definition) is 1. The van der Waals surface area contributed by atoms with Crippen LogP contribution in [0.2, 0.25) is 0 Å². The molecule has 1 saturated carbocycles. The SMILES string of the molecule is NC(CCC1CC1)C1COc2ccccc2C1. The van der Waals surface area contributed by atoms with Crippen LogP contribution < -0.4 is 10.5 Å². The van der Waals surface area contributed by atoms with Gasteiger partial charge in [0.25, 0.3) is 0 Å². The standard InChI is InChI=1S/C15H21NO/c16-14(8-7-11-5-6-11)13-9-12-3-1-2-4-15(12)17-10-13/h1-4,11,13-14H,5-10,16H2. The van der Waals surface area contributed by atoms with E-state index in [0.717, 1.165) is 24.7 Å². The molecule has 3 rings (SSSR count). The molecule has 1 aliphatic heterocycles. The van der Waals surface area contributed by atoms with E-state index in [2.05, 4.69) is 18.2 Å². The Morgan fingerprint density at radius 1 is 1.29 bits per heavy atom. The Balaban J connectivity index is 1.58. The third-order valence-electron chi connectivity index (χ3n) is 4.12. The van der Waals surface area contributed by atoms with Gasteiger partial charge in [-0.05, 0) is 36.8 Å². The molecule has 2 nitrogen and oxygen atoms in total. The zero-order valence-corrected chi connectivity index (χ0v) is 10.3. The van der Waals surface area contributed by atoms with Gasteiger partial charge in [0.2, 0.25) is 0 Å². The van der Waals surface area contributed by atoms with Crippen molar-refractivity contribution in [3.8, 4) is 5.75 Å². The van der Waals surface area contributed by atoms with Crippen molar-refractivity contribution < 1.29 is 4.74 Å². The van der Waals surface area contributed by atoms with Gasteiger partial charge in [-0.2, -0.15) is 0 Å². The second kappa shape index (κ2) is 4.69. The number of fused-ring (bicyclic) bond motifs is 1. The molecule has 0 aromatic heterocycles. The Bertz CT molecular complexity index is 386. The van der Waals surface area contributed by atoms with Crippen LogP contribution in [0, 0.1) is 11.8 Å². The van der Waals surface area contributed by atoms with Crippen molar-refractivity contribution in [3.63, 3.8) is 0 Å². The van der Waals surface area contributed by atoms with Gasteiger partial charge in [-0.15, -0.1) is 0 Å². The smallest absolute Gasteiger partial charge is 0.122 e. The molecule has 1 aromatic rings. The molecule has 2 unspecified atom stereocenters. The highest BCUT2D eigenvalue weighted by atomic mass is 16.5. The van der Waals surface area contributed by atoms with Crippen LogP contribution in [-0.2, 0) is 6.42 Å². The molecular weight excluding hydrogens is 210 g/mol. The first kappa shape index (κ1) is 11.1.